The first-order valence-corrected chi connectivity index (χ1v) is 11.4. The van der Waals surface area contributed by atoms with E-state index >= 15 is 0 Å². The van der Waals surface area contributed by atoms with E-state index in [0.717, 1.165) is 36.3 Å². The summed E-state index contributed by atoms with van der Waals surface area (Å²) in [5, 5.41) is 2.73. The Kier molecular flexibility index (Phi) is 4.86. The molecule has 30 heavy (non-hydrogen) atoms. The van der Waals surface area contributed by atoms with Gasteiger partial charge in [0, 0.05) is 5.54 Å². The zero-order valence-electron chi connectivity index (χ0n) is 17.6. The average Bonchev–Trinajstić information content (AvgIpc) is 3.29. The molecular formula is C23H31N3O4. The average molecular weight is 414 g/mol. The minimum Gasteiger partial charge on any atom is -0.467 e. The lowest BCUT2D eigenvalue weighted by atomic mass is 9.52. The van der Waals surface area contributed by atoms with Gasteiger partial charge in [0.15, 0.2) is 0 Å². The molecule has 5 fully saturated rings. The van der Waals surface area contributed by atoms with Crippen molar-refractivity contribution in [2.24, 2.45) is 17.8 Å². The Morgan fingerprint density at radius 2 is 1.87 bits per heavy atom. The Morgan fingerprint density at radius 3 is 2.43 bits per heavy atom. The molecule has 0 unspecified atom stereocenters. The van der Waals surface area contributed by atoms with Gasteiger partial charge in [-0.25, -0.2) is 4.79 Å². The Bertz CT molecular complexity index is 798. The maximum absolute atomic E-state index is 13.6. The van der Waals surface area contributed by atoms with Gasteiger partial charge in [-0.2, -0.15) is 0 Å². The maximum Gasteiger partial charge on any atom is 0.325 e. The number of hydrogen-bond acceptors (Lipinski definition) is 4. The fourth-order valence-electron chi connectivity index (χ4n) is 6.91. The van der Waals surface area contributed by atoms with Crippen molar-refractivity contribution in [3.63, 3.8) is 0 Å². The minimum absolute atomic E-state index is 0.144. The van der Waals surface area contributed by atoms with Crippen molar-refractivity contribution in [2.45, 2.75) is 76.4 Å². The van der Waals surface area contributed by atoms with Crippen molar-refractivity contribution in [3.05, 3.63) is 24.2 Å². The van der Waals surface area contributed by atoms with Crippen LogP contribution in [-0.2, 0) is 16.1 Å². The number of furan rings is 1. The Morgan fingerprint density at radius 1 is 1.20 bits per heavy atom. The summed E-state index contributed by atoms with van der Waals surface area (Å²) in [6.45, 7) is 2.19. The zero-order valence-corrected chi connectivity index (χ0v) is 17.6. The SMILES string of the molecule is CCC[C@H]1NC(=O)N(CC(=O)N(Cc2ccco2)C23CC4CC(CC(C4)C2)C3)C1=O. The second-order valence-electron chi connectivity index (χ2n) is 9.92. The van der Waals surface area contributed by atoms with Crippen molar-refractivity contribution in [2.75, 3.05) is 6.54 Å². The van der Waals surface area contributed by atoms with E-state index in [1.54, 1.807) is 6.26 Å². The Hall–Kier alpha value is -2.31. The third-order valence-electron chi connectivity index (χ3n) is 7.75. The molecule has 2 heterocycles. The van der Waals surface area contributed by atoms with Gasteiger partial charge in [0.05, 0.1) is 12.8 Å². The second kappa shape index (κ2) is 7.43. The third kappa shape index (κ3) is 3.32. The molecule has 0 radical (unpaired) electrons. The fourth-order valence-corrected chi connectivity index (χ4v) is 6.91. The van der Waals surface area contributed by atoms with Crippen molar-refractivity contribution in [1.82, 2.24) is 15.1 Å². The molecule has 1 atom stereocenters. The topological polar surface area (TPSA) is 82.9 Å². The van der Waals surface area contributed by atoms with Gasteiger partial charge in [-0.1, -0.05) is 13.3 Å². The molecule has 162 valence electrons. The predicted octanol–water partition coefficient (Wildman–Crippen LogP) is 3.30. The van der Waals surface area contributed by atoms with E-state index in [1.165, 1.54) is 19.3 Å². The van der Waals surface area contributed by atoms with E-state index in [-0.39, 0.29) is 23.9 Å². The standard InChI is InChI=1S/C23H31N3O4/c1-2-4-19-21(28)25(22(29)24-19)14-20(27)26(13-18-5-3-6-30-18)23-10-15-7-16(11-23)9-17(8-15)12-23/h3,5-6,15-17,19H,2,4,7-14H2,1H3,(H,24,29)/t15?,16?,17?,19-,23?/m1/s1. The first kappa shape index (κ1) is 19.6. The lowest BCUT2D eigenvalue weighted by Gasteiger charge is -2.60. The third-order valence-corrected chi connectivity index (χ3v) is 7.75. The number of rotatable bonds is 7. The molecule has 1 N–H and O–H groups in total. The summed E-state index contributed by atoms with van der Waals surface area (Å²) in [7, 11) is 0. The molecule has 5 aliphatic rings. The zero-order chi connectivity index (χ0) is 20.9. The van der Waals surface area contributed by atoms with E-state index in [2.05, 4.69) is 5.32 Å². The van der Waals surface area contributed by atoms with E-state index in [0.29, 0.717) is 30.7 Å². The van der Waals surface area contributed by atoms with Crippen LogP contribution in [0.2, 0.25) is 0 Å². The highest BCUT2D eigenvalue weighted by Gasteiger charge is 2.55. The van der Waals surface area contributed by atoms with Gasteiger partial charge in [-0.15, -0.1) is 0 Å². The summed E-state index contributed by atoms with van der Waals surface area (Å²) < 4.78 is 5.58. The monoisotopic (exact) mass is 413 g/mol. The van der Waals surface area contributed by atoms with Gasteiger partial charge < -0.3 is 14.6 Å². The summed E-state index contributed by atoms with van der Waals surface area (Å²) in [5.41, 5.74) is -0.166. The first-order valence-electron chi connectivity index (χ1n) is 11.4. The molecule has 1 aliphatic heterocycles. The lowest BCUT2D eigenvalue weighted by Crippen LogP contribution is -2.62. The first-order chi connectivity index (χ1) is 14.5. The van der Waals surface area contributed by atoms with Crippen LogP contribution in [0.25, 0.3) is 0 Å². The molecule has 4 amide bonds. The van der Waals surface area contributed by atoms with E-state index < -0.39 is 12.1 Å². The predicted molar refractivity (Wildman–Crippen MR) is 109 cm³/mol. The van der Waals surface area contributed by atoms with Gasteiger partial charge in [0.1, 0.15) is 18.3 Å². The smallest absolute Gasteiger partial charge is 0.325 e. The number of carbonyl (C=O) groups is 3. The van der Waals surface area contributed by atoms with Crippen LogP contribution in [-0.4, -0.2) is 45.8 Å². The fraction of sp³-hybridized carbons (Fsp3) is 0.696. The highest BCUT2D eigenvalue weighted by Crippen LogP contribution is 2.58. The number of amides is 4. The van der Waals surface area contributed by atoms with Crippen LogP contribution in [0.5, 0.6) is 0 Å². The van der Waals surface area contributed by atoms with Crippen molar-refractivity contribution in [3.8, 4) is 0 Å². The molecule has 7 heteroatoms. The van der Waals surface area contributed by atoms with Gasteiger partial charge in [-0.05, 0) is 74.8 Å². The molecule has 1 aromatic heterocycles. The largest absolute Gasteiger partial charge is 0.467 e. The highest BCUT2D eigenvalue weighted by atomic mass is 16.3. The maximum atomic E-state index is 13.6. The molecule has 4 bridgehead atoms. The van der Waals surface area contributed by atoms with Gasteiger partial charge in [0.2, 0.25) is 5.91 Å². The van der Waals surface area contributed by atoms with Gasteiger partial charge >= 0.3 is 6.03 Å². The quantitative estimate of drug-likeness (QED) is 0.696. The van der Waals surface area contributed by atoms with Crippen LogP contribution in [0.3, 0.4) is 0 Å². The summed E-state index contributed by atoms with van der Waals surface area (Å²) in [6.07, 6.45) is 9.98. The lowest BCUT2D eigenvalue weighted by molar-refractivity contribution is -0.155. The highest BCUT2D eigenvalue weighted by molar-refractivity contribution is 6.06. The summed E-state index contributed by atoms with van der Waals surface area (Å²) >= 11 is 0. The molecule has 4 saturated carbocycles. The normalized spacial score (nSPS) is 34.5. The summed E-state index contributed by atoms with van der Waals surface area (Å²) in [4.78, 5) is 41.8. The second-order valence-corrected chi connectivity index (χ2v) is 9.92. The van der Waals surface area contributed by atoms with Crippen molar-refractivity contribution in [1.29, 1.82) is 0 Å². The van der Waals surface area contributed by atoms with E-state index in [9.17, 15) is 14.4 Å². The van der Waals surface area contributed by atoms with E-state index in [1.807, 2.05) is 24.0 Å². The van der Waals surface area contributed by atoms with Crippen molar-refractivity contribution < 1.29 is 18.8 Å². The van der Waals surface area contributed by atoms with Gasteiger partial charge in [-0.3, -0.25) is 14.5 Å². The number of nitrogens with one attached hydrogen (secondary N) is 1. The van der Waals surface area contributed by atoms with Gasteiger partial charge in [0.25, 0.3) is 5.91 Å². The number of nitrogens with zero attached hydrogens (tertiary/aromatic N) is 2. The molecular weight excluding hydrogens is 382 g/mol. The molecule has 0 aromatic carbocycles. The van der Waals surface area contributed by atoms with Crippen molar-refractivity contribution >= 4 is 17.8 Å². The van der Waals surface area contributed by atoms with Crippen LogP contribution in [0.4, 0.5) is 4.79 Å². The minimum atomic E-state index is -0.506. The Balaban J connectivity index is 1.39. The molecule has 1 aromatic rings. The van der Waals surface area contributed by atoms with Crippen LogP contribution in [0, 0.1) is 17.8 Å². The molecule has 7 nitrogen and oxygen atoms in total. The summed E-state index contributed by atoms with van der Waals surface area (Å²) in [5.74, 6) is 2.39. The number of hydrogen-bond donors (Lipinski definition) is 1. The molecule has 6 rings (SSSR count). The van der Waals surface area contributed by atoms with Crippen LogP contribution >= 0.6 is 0 Å². The Labute approximate surface area is 177 Å². The number of carbonyl (C=O) groups excluding carboxylic acids is 3. The van der Waals surface area contributed by atoms with Crippen LogP contribution in [0.1, 0.15) is 64.1 Å². The molecule has 1 saturated heterocycles. The number of urea groups is 1. The molecule has 4 aliphatic carbocycles. The van der Waals surface area contributed by atoms with Crippen LogP contribution < -0.4 is 5.32 Å². The van der Waals surface area contributed by atoms with E-state index in [4.69, 9.17) is 4.42 Å². The number of imide groups is 1. The molecule has 0 spiro atoms. The van der Waals surface area contributed by atoms with Crippen LogP contribution in [0.15, 0.2) is 22.8 Å². The summed E-state index contributed by atoms with van der Waals surface area (Å²) in [6, 6.07) is 2.78.